The molecule has 0 saturated carbocycles. The van der Waals surface area contributed by atoms with Crippen LogP contribution in [0.4, 0.5) is 13.2 Å². The van der Waals surface area contributed by atoms with Crippen LogP contribution < -0.4 is 15.8 Å². The van der Waals surface area contributed by atoms with Crippen LogP contribution >= 0.6 is 0 Å². The van der Waals surface area contributed by atoms with Crippen molar-refractivity contribution in [2.24, 2.45) is 5.73 Å². The van der Waals surface area contributed by atoms with E-state index in [2.05, 4.69) is 22.4 Å². The fourth-order valence-corrected chi connectivity index (χ4v) is 2.34. The van der Waals surface area contributed by atoms with Crippen LogP contribution in [0.5, 0.6) is 5.75 Å². The maximum absolute atomic E-state index is 12.2. The molecule has 0 bridgehead atoms. The number of carbonyl (C=O) groups is 1. The summed E-state index contributed by atoms with van der Waals surface area (Å²) in [7, 11) is 0. The summed E-state index contributed by atoms with van der Waals surface area (Å²) in [4.78, 5) is 12.0. The molecule has 2 rings (SSSR count). The molecule has 0 fully saturated rings. The van der Waals surface area contributed by atoms with Gasteiger partial charge in [0, 0.05) is 12.6 Å². The topological polar surface area (TPSA) is 84.6 Å². The molecular formula is C23H29F3N2O3. The maximum atomic E-state index is 12.2. The number of rotatable bonds is 7. The molecule has 2 aromatic carbocycles. The Kier molecular flexibility index (Phi) is 13.4. The monoisotopic (exact) mass is 438 g/mol. The van der Waals surface area contributed by atoms with Gasteiger partial charge < -0.3 is 20.9 Å². The lowest BCUT2D eigenvalue weighted by Gasteiger charge is -2.18. The predicted molar refractivity (Wildman–Crippen MR) is 115 cm³/mol. The second-order valence-electron chi connectivity index (χ2n) is 6.00. The minimum Gasteiger partial charge on any atom is -0.406 e. The van der Waals surface area contributed by atoms with Crippen molar-refractivity contribution in [3.05, 3.63) is 65.7 Å². The third kappa shape index (κ3) is 12.3. The molecule has 2 aromatic rings. The molecule has 1 amide bonds. The van der Waals surface area contributed by atoms with E-state index in [1.165, 1.54) is 12.1 Å². The van der Waals surface area contributed by atoms with Crippen LogP contribution in [-0.2, 0) is 17.8 Å². The van der Waals surface area contributed by atoms with Crippen molar-refractivity contribution < 1.29 is 27.8 Å². The highest BCUT2D eigenvalue weighted by atomic mass is 19.4. The summed E-state index contributed by atoms with van der Waals surface area (Å²) in [5.74, 6) is 1.17. The Morgan fingerprint density at radius 1 is 1.16 bits per heavy atom. The van der Waals surface area contributed by atoms with E-state index in [4.69, 9.17) is 5.73 Å². The number of aliphatic hydroxyl groups excluding tert-OH is 1. The van der Waals surface area contributed by atoms with Gasteiger partial charge in [0.25, 0.3) is 5.91 Å². The zero-order valence-electron chi connectivity index (χ0n) is 17.8. The van der Waals surface area contributed by atoms with Gasteiger partial charge in [0.15, 0.2) is 0 Å². The van der Waals surface area contributed by atoms with Crippen LogP contribution in [0.15, 0.2) is 54.6 Å². The van der Waals surface area contributed by atoms with Crippen molar-refractivity contribution in [3.63, 3.8) is 0 Å². The molecule has 8 heteroatoms. The first kappa shape index (κ1) is 28.0. The summed E-state index contributed by atoms with van der Waals surface area (Å²) in [5.41, 5.74) is 7.13. The van der Waals surface area contributed by atoms with Crippen molar-refractivity contribution in [1.29, 1.82) is 0 Å². The van der Waals surface area contributed by atoms with E-state index in [1.807, 2.05) is 44.2 Å². The number of carbonyl (C=O) groups excluding carboxylic acids is 1. The van der Waals surface area contributed by atoms with Gasteiger partial charge in [-0.1, -0.05) is 56.3 Å². The van der Waals surface area contributed by atoms with Gasteiger partial charge in [-0.2, -0.15) is 0 Å². The molecule has 0 aliphatic rings. The number of amides is 1. The molecule has 5 nitrogen and oxygen atoms in total. The molecular weight excluding hydrogens is 409 g/mol. The normalized spacial score (nSPS) is 12.0. The number of nitrogens with one attached hydrogen (secondary N) is 1. The number of nitrogens with two attached hydrogens (primary N) is 1. The highest BCUT2D eigenvalue weighted by Gasteiger charge is 2.31. The summed E-state index contributed by atoms with van der Waals surface area (Å²) >= 11 is 0. The first-order valence-electron chi connectivity index (χ1n) is 9.63. The molecule has 1 unspecified atom stereocenters. The molecule has 0 heterocycles. The Hall–Kier alpha value is -3.02. The molecule has 2 atom stereocenters. The lowest BCUT2D eigenvalue weighted by molar-refractivity contribution is -0.274. The number of terminal acetylenes is 1. The number of hydrogen-bond acceptors (Lipinski definition) is 4. The predicted octanol–water partition coefficient (Wildman–Crippen LogP) is 3.80. The number of aliphatic hydroxyl groups is 1. The zero-order chi connectivity index (χ0) is 23.9. The van der Waals surface area contributed by atoms with Crippen molar-refractivity contribution in [1.82, 2.24) is 5.32 Å². The van der Waals surface area contributed by atoms with E-state index >= 15 is 0 Å². The van der Waals surface area contributed by atoms with Gasteiger partial charge in [0.05, 0.1) is 0 Å². The van der Waals surface area contributed by atoms with E-state index in [0.717, 1.165) is 17.7 Å². The first-order valence-corrected chi connectivity index (χ1v) is 9.63. The molecule has 0 saturated heterocycles. The average molecular weight is 438 g/mol. The third-order valence-electron chi connectivity index (χ3n) is 3.59. The minimum atomic E-state index is -4.79. The number of halogens is 3. The quantitative estimate of drug-likeness (QED) is 0.574. The fourth-order valence-electron chi connectivity index (χ4n) is 2.34. The van der Waals surface area contributed by atoms with E-state index in [9.17, 15) is 23.1 Å². The standard InChI is InChI=1S/C18H19F3N2O3.C3H4.C2H6/c19-18(20,21)26-14-8-4-7-13(9-14)11-23-17(25)16(24)15(22)10-12-5-2-1-3-6-12;1-3-2;1-2/h1-9,15-16,24H,10-11,22H2,(H,23,25);1H,2H3;1-2H3/t15?,16-;;/m0../s1. The van der Waals surface area contributed by atoms with Gasteiger partial charge in [-0.25, -0.2) is 0 Å². The maximum Gasteiger partial charge on any atom is 0.573 e. The van der Waals surface area contributed by atoms with Crippen LogP contribution in [0.2, 0.25) is 0 Å². The Balaban J connectivity index is 0.00000165. The van der Waals surface area contributed by atoms with Crippen molar-refractivity contribution in [2.45, 2.75) is 52.2 Å². The third-order valence-corrected chi connectivity index (χ3v) is 3.59. The molecule has 31 heavy (non-hydrogen) atoms. The van der Waals surface area contributed by atoms with E-state index in [-0.39, 0.29) is 12.3 Å². The van der Waals surface area contributed by atoms with Gasteiger partial charge in [-0.3, -0.25) is 4.79 Å². The van der Waals surface area contributed by atoms with Crippen LogP contribution in [0.3, 0.4) is 0 Å². The number of benzene rings is 2. The molecule has 4 N–H and O–H groups in total. The van der Waals surface area contributed by atoms with Gasteiger partial charge >= 0.3 is 6.36 Å². The van der Waals surface area contributed by atoms with Crippen molar-refractivity contribution >= 4 is 5.91 Å². The molecule has 0 aliphatic heterocycles. The van der Waals surface area contributed by atoms with Gasteiger partial charge in [-0.15, -0.1) is 25.5 Å². The molecule has 170 valence electrons. The Morgan fingerprint density at radius 2 is 1.71 bits per heavy atom. The number of alkyl halides is 3. The zero-order valence-corrected chi connectivity index (χ0v) is 17.8. The minimum absolute atomic E-state index is 0.0665. The SMILES string of the molecule is C#CC.CC.NC(Cc1ccccc1)[C@H](O)C(=O)NCc1cccc(OC(F)(F)F)c1. The van der Waals surface area contributed by atoms with Crippen LogP contribution in [0.25, 0.3) is 0 Å². The second-order valence-corrected chi connectivity index (χ2v) is 6.00. The van der Waals surface area contributed by atoms with Gasteiger partial charge in [-0.05, 0) is 36.6 Å². The van der Waals surface area contributed by atoms with E-state index in [0.29, 0.717) is 12.0 Å². The van der Waals surface area contributed by atoms with E-state index < -0.39 is 24.4 Å². The number of ether oxygens (including phenoxy) is 1. The molecule has 0 radical (unpaired) electrons. The summed E-state index contributed by atoms with van der Waals surface area (Å²) in [6.45, 7) is 5.59. The number of hydrogen-bond donors (Lipinski definition) is 3. The lowest BCUT2D eigenvalue weighted by atomic mass is 10.0. The second kappa shape index (κ2) is 14.9. The summed E-state index contributed by atoms with van der Waals surface area (Å²) < 4.78 is 40.5. The average Bonchev–Trinajstić information content (AvgIpc) is 2.73. The Bertz CT molecular complexity index is 806. The van der Waals surface area contributed by atoms with E-state index in [1.54, 1.807) is 6.92 Å². The highest BCUT2D eigenvalue weighted by Crippen LogP contribution is 2.23. The van der Waals surface area contributed by atoms with Crippen LogP contribution in [-0.4, -0.2) is 29.5 Å². The van der Waals surface area contributed by atoms with Gasteiger partial charge in [0.1, 0.15) is 11.9 Å². The van der Waals surface area contributed by atoms with Crippen molar-refractivity contribution in [2.75, 3.05) is 0 Å². The summed E-state index contributed by atoms with van der Waals surface area (Å²) in [6, 6.07) is 13.6. The fraction of sp³-hybridized carbons (Fsp3) is 0.348. The Labute approximate surface area is 181 Å². The van der Waals surface area contributed by atoms with Crippen molar-refractivity contribution in [3.8, 4) is 18.1 Å². The summed E-state index contributed by atoms with van der Waals surface area (Å²) in [6.07, 6.45) is -1.32. The molecule has 0 spiro atoms. The molecule has 0 aliphatic carbocycles. The lowest BCUT2D eigenvalue weighted by Crippen LogP contribution is -2.47. The molecule has 0 aromatic heterocycles. The highest BCUT2D eigenvalue weighted by molar-refractivity contribution is 5.81. The van der Waals surface area contributed by atoms with Crippen LogP contribution in [0.1, 0.15) is 31.9 Å². The van der Waals surface area contributed by atoms with Crippen LogP contribution in [0, 0.1) is 12.3 Å². The Morgan fingerprint density at radius 3 is 2.26 bits per heavy atom. The first-order chi connectivity index (χ1) is 14.7. The largest absolute Gasteiger partial charge is 0.573 e. The smallest absolute Gasteiger partial charge is 0.406 e. The van der Waals surface area contributed by atoms with Gasteiger partial charge in [0.2, 0.25) is 0 Å². The summed E-state index contributed by atoms with van der Waals surface area (Å²) in [5, 5.41) is 12.5.